The number of hydrogen-bond acceptors (Lipinski definition) is 5. The lowest BCUT2D eigenvalue weighted by molar-refractivity contribution is 0.661. The molecule has 0 unspecified atom stereocenters. The average Bonchev–Trinajstić information content (AvgIpc) is 3.20. The fourth-order valence-corrected chi connectivity index (χ4v) is 4.19. The van der Waals surface area contributed by atoms with E-state index in [0.29, 0.717) is 28.7 Å². The van der Waals surface area contributed by atoms with Crippen LogP contribution in [0.4, 0.5) is 0 Å². The van der Waals surface area contributed by atoms with E-state index in [1.807, 2.05) is 73.7 Å². The first-order chi connectivity index (χ1) is 17.2. The fourth-order valence-electron chi connectivity index (χ4n) is 4.19. The normalized spacial score (nSPS) is 11.8. The van der Waals surface area contributed by atoms with Crippen LogP contribution in [-0.2, 0) is 13.0 Å². The van der Waals surface area contributed by atoms with Gasteiger partial charge in [0.25, 0.3) is 5.56 Å². The zero-order valence-electron chi connectivity index (χ0n) is 19.2. The third-order valence-electron chi connectivity index (χ3n) is 6.09. The second-order valence-corrected chi connectivity index (χ2v) is 8.53. The molecule has 3 aromatic carbocycles. The number of hydrogen-bond donors (Lipinski definition) is 0. The fraction of sp³-hybridized carbons (Fsp3) is 0.107. The van der Waals surface area contributed by atoms with Crippen LogP contribution in [0.1, 0.15) is 16.7 Å². The van der Waals surface area contributed by atoms with Gasteiger partial charge in [0.2, 0.25) is 0 Å². The molecule has 0 aliphatic heterocycles. The van der Waals surface area contributed by atoms with Gasteiger partial charge < -0.3 is 0 Å². The van der Waals surface area contributed by atoms with E-state index in [1.54, 1.807) is 21.8 Å². The van der Waals surface area contributed by atoms with Crippen LogP contribution in [0.2, 0.25) is 0 Å². The summed E-state index contributed by atoms with van der Waals surface area (Å²) >= 11 is 0. The molecule has 7 heteroatoms. The first kappa shape index (κ1) is 20.9. The topological polar surface area (TPSA) is 78.0 Å². The molecule has 0 saturated carbocycles. The first-order valence-electron chi connectivity index (χ1n) is 11.5. The van der Waals surface area contributed by atoms with Gasteiger partial charge in [-0.25, -0.2) is 15.0 Å². The summed E-state index contributed by atoms with van der Waals surface area (Å²) in [4.78, 5) is 27.9. The molecule has 0 aliphatic rings. The van der Waals surface area contributed by atoms with E-state index in [0.717, 1.165) is 28.6 Å². The number of nitrogens with zero attached hydrogens (tertiary/aromatic N) is 6. The number of benzene rings is 3. The lowest BCUT2D eigenvalue weighted by atomic mass is 10.1. The van der Waals surface area contributed by atoms with Crippen molar-refractivity contribution in [2.45, 2.75) is 19.9 Å². The molecule has 0 bridgehead atoms. The molecule has 0 radical (unpaired) electrons. The molecule has 0 aliphatic carbocycles. The van der Waals surface area contributed by atoms with Crippen molar-refractivity contribution in [3.05, 3.63) is 112 Å². The summed E-state index contributed by atoms with van der Waals surface area (Å²) in [5.74, 6) is 0. The third kappa shape index (κ3) is 3.87. The van der Waals surface area contributed by atoms with Gasteiger partial charge in [-0.15, -0.1) is 0 Å². The van der Waals surface area contributed by atoms with Crippen LogP contribution in [0.15, 0.2) is 95.1 Å². The van der Waals surface area contributed by atoms with Crippen molar-refractivity contribution in [3.8, 4) is 0 Å². The zero-order chi connectivity index (χ0) is 23.8. The standard InChI is InChI=1S/C28H22N6O/c1-19-11-13-21(14-12-19)17-30-34-26-24(25-27(34)32-23-10-6-5-9-22(23)31-25)28(35)33(18-29-26)16-15-20-7-3-2-4-8-20/h2-14,17-18H,15-16H2,1H3/b30-17+. The minimum absolute atomic E-state index is 0.148. The monoisotopic (exact) mass is 458 g/mol. The van der Waals surface area contributed by atoms with Gasteiger partial charge in [-0.3, -0.25) is 9.36 Å². The van der Waals surface area contributed by atoms with Crippen LogP contribution in [-0.4, -0.2) is 30.4 Å². The van der Waals surface area contributed by atoms with Gasteiger partial charge in [0, 0.05) is 6.54 Å². The molecule has 0 atom stereocenters. The molecule has 6 aromatic rings. The van der Waals surface area contributed by atoms with Gasteiger partial charge in [-0.05, 0) is 36.6 Å². The van der Waals surface area contributed by atoms with E-state index >= 15 is 0 Å². The van der Waals surface area contributed by atoms with Gasteiger partial charge in [0.1, 0.15) is 10.9 Å². The molecular weight excluding hydrogens is 436 g/mol. The molecule has 7 nitrogen and oxygen atoms in total. The summed E-state index contributed by atoms with van der Waals surface area (Å²) in [5.41, 5.74) is 6.04. The Morgan fingerprint density at radius 3 is 2.34 bits per heavy atom. The van der Waals surface area contributed by atoms with E-state index < -0.39 is 0 Å². The molecule has 170 valence electrons. The molecule has 6 rings (SSSR count). The molecule has 0 fully saturated rings. The van der Waals surface area contributed by atoms with Crippen LogP contribution in [0.5, 0.6) is 0 Å². The quantitative estimate of drug-likeness (QED) is 0.350. The van der Waals surface area contributed by atoms with Crippen molar-refractivity contribution < 1.29 is 0 Å². The lowest BCUT2D eigenvalue weighted by Crippen LogP contribution is -2.21. The molecule has 3 heterocycles. The number of rotatable bonds is 5. The Morgan fingerprint density at radius 1 is 0.857 bits per heavy atom. The molecule has 35 heavy (non-hydrogen) atoms. The molecule has 0 amide bonds. The third-order valence-corrected chi connectivity index (χ3v) is 6.09. The predicted octanol–water partition coefficient (Wildman–Crippen LogP) is 4.73. The second kappa shape index (κ2) is 8.61. The SMILES string of the molecule is Cc1ccc(/C=N/n2c3nc4ccccc4nc3c3c(=O)n(CCc4ccccc4)cnc32)cc1. The summed E-state index contributed by atoms with van der Waals surface area (Å²) in [6, 6.07) is 25.8. The molecule has 0 spiro atoms. The van der Waals surface area contributed by atoms with Crippen molar-refractivity contribution in [2.24, 2.45) is 5.10 Å². The van der Waals surface area contributed by atoms with E-state index in [2.05, 4.69) is 22.2 Å². The van der Waals surface area contributed by atoms with Gasteiger partial charge in [-0.2, -0.15) is 9.78 Å². The Bertz CT molecular complexity index is 1770. The minimum atomic E-state index is -0.148. The minimum Gasteiger partial charge on any atom is -0.298 e. The Hall–Kier alpha value is -4.65. The summed E-state index contributed by atoms with van der Waals surface area (Å²) in [5, 5.41) is 5.10. The smallest absolute Gasteiger partial charge is 0.265 e. The molecule has 0 saturated heterocycles. The number of aryl methyl sites for hydroxylation is 3. The Balaban J connectivity index is 1.53. The van der Waals surface area contributed by atoms with Crippen LogP contribution in [0.3, 0.4) is 0 Å². The number of fused-ring (bicyclic) bond motifs is 4. The highest BCUT2D eigenvalue weighted by Crippen LogP contribution is 2.25. The van der Waals surface area contributed by atoms with E-state index in [1.165, 1.54) is 5.56 Å². The van der Waals surface area contributed by atoms with Gasteiger partial charge in [0.15, 0.2) is 11.3 Å². The van der Waals surface area contributed by atoms with Crippen LogP contribution >= 0.6 is 0 Å². The predicted molar refractivity (Wildman–Crippen MR) is 139 cm³/mol. The summed E-state index contributed by atoms with van der Waals surface area (Å²) in [6.07, 6.45) is 4.06. The van der Waals surface area contributed by atoms with E-state index in [-0.39, 0.29) is 5.56 Å². The Labute approximate surface area is 201 Å². The highest BCUT2D eigenvalue weighted by molar-refractivity contribution is 6.04. The van der Waals surface area contributed by atoms with Crippen molar-refractivity contribution in [3.63, 3.8) is 0 Å². The van der Waals surface area contributed by atoms with Gasteiger partial charge in [0.05, 0.1) is 23.6 Å². The molecular formula is C28H22N6O. The Morgan fingerprint density at radius 2 is 1.57 bits per heavy atom. The van der Waals surface area contributed by atoms with E-state index in [9.17, 15) is 4.79 Å². The summed E-state index contributed by atoms with van der Waals surface area (Å²) in [7, 11) is 0. The highest BCUT2D eigenvalue weighted by Gasteiger charge is 2.19. The van der Waals surface area contributed by atoms with Crippen molar-refractivity contribution in [1.82, 2.24) is 24.2 Å². The Kier molecular flexibility index (Phi) is 5.15. The van der Waals surface area contributed by atoms with Crippen molar-refractivity contribution in [1.29, 1.82) is 0 Å². The number of aromatic nitrogens is 5. The second-order valence-electron chi connectivity index (χ2n) is 8.53. The van der Waals surface area contributed by atoms with Crippen LogP contribution in [0.25, 0.3) is 33.2 Å². The molecule has 0 N–H and O–H groups in total. The average molecular weight is 459 g/mol. The maximum absolute atomic E-state index is 13.6. The highest BCUT2D eigenvalue weighted by atomic mass is 16.1. The van der Waals surface area contributed by atoms with Crippen molar-refractivity contribution >= 4 is 39.4 Å². The lowest BCUT2D eigenvalue weighted by Gasteiger charge is -2.05. The van der Waals surface area contributed by atoms with Crippen molar-refractivity contribution in [2.75, 3.05) is 0 Å². The van der Waals surface area contributed by atoms with Crippen LogP contribution in [0, 0.1) is 6.92 Å². The zero-order valence-corrected chi connectivity index (χ0v) is 19.2. The van der Waals surface area contributed by atoms with E-state index in [4.69, 9.17) is 9.97 Å². The van der Waals surface area contributed by atoms with Gasteiger partial charge >= 0.3 is 0 Å². The summed E-state index contributed by atoms with van der Waals surface area (Å²) < 4.78 is 3.26. The van der Waals surface area contributed by atoms with Crippen LogP contribution < -0.4 is 5.56 Å². The first-order valence-corrected chi connectivity index (χ1v) is 11.5. The largest absolute Gasteiger partial charge is 0.298 e. The summed E-state index contributed by atoms with van der Waals surface area (Å²) in [6.45, 7) is 2.56. The maximum atomic E-state index is 13.6. The number of para-hydroxylation sites is 2. The van der Waals surface area contributed by atoms with Gasteiger partial charge in [-0.1, -0.05) is 72.3 Å². The molecule has 3 aromatic heterocycles. The maximum Gasteiger partial charge on any atom is 0.265 e.